The first-order valence-electron chi connectivity index (χ1n) is 11.1. The number of carbonyl (C=O) groups is 2. The number of hydrogen-bond donors (Lipinski definition) is 0. The molecule has 35 heavy (non-hydrogen) atoms. The van der Waals surface area contributed by atoms with Crippen LogP contribution in [0.25, 0.3) is 0 Å². The summed E-state index contributed by atoms with van der Waals surface area (Å²) in [7, 11) is 0. The van der Waals surface area contributed by atoms with E-state index in [1.54, 1.807) is 36.4 Å². The molecule has 0 fully saturated rings. The molecule has 0 aromatic heterocycles. The van der Waals surface area contributed by atoms with Gasteiger partial charge in [-0.15, -0.1) is 0 Å². The number of carboxylic acid groups (broad SMARTS) is 1. The number of halogens is 2. The standard InChI is InChI=1S/C27H24Cl2O5.Na/c28-19-9-5-17(6-10-19)3-1-2-4-24(30)18-7-11-20(12-8-18)34-26-16-25-22(15-23(26)29)21(27(31)32)13-14-33-25;/h5-12,15-16,21H,1-4,13-14H2,(H,31,32);/q;+1/p-1. The summed E-state index contributed by atoms with van der Waals surface area (Å²) in [5.74, 6) is -0.554. The van der Waals surface area contributed by atoms with E-state index in [0.29, 0.717) is 41.2 Å². The van der Waals surface area contributed by atoms with E-state index >= 15 is 0 Å². The van der Waals surface area contributed by atoms with Gasteiger partial charge in [-0.2, -0.15) is 0 Å². The van der Waals surface area contributed by atoms with Crippen molar-refractivity contribution in [3.05, 3.63) is 87.4 Å². The van der Waals surface area contributed by atoms with Crippen molar-refractivity contribution in [1.29, 1.82) is 0 Å². The Kier molecular flexibility index (Phi) is 10.1. The van der Waals surface area contributed by atoms with Crippen molar-refractivity contribution in [2.24, 2.45) is 0 Å². The quantitative estimate of drug-likeness (QED) is 0.246. The van der Waals surface area contributed by atoms with Crippen LogP contribution in [-0.4, -0.2) is 18.4 Å². The first kappa shape index (κ1) is 27.6. The number of aryl methyl sites for hydroxylation is 1. The van der Waals surface area contributed by atoms with Gasteiger partial charge in [-0.1, -0.05) is 35.3 Å². The normalized spacial score (nSPS) is 14.3. The van der Waals surface area contributed by atoms with Crippen LogP contribution in [0.3, 0.4) is 0 Å². The van der Waals surface area contributed by atoms with Gasteiger partial charge in [0.2, 0.25) is 0 Å². The van der Waals surface area contributed by atoms with Crippen molar-refractivity contribution in [3.8, 4) is 17.2 Å². The largest absolute Gasteiger partial charge is 1.00 e. The molecule has 1 aliphatic heterocycles. The molecule has 0 bridgehead atoms. The SMILES string of the molecule is O=C(CCCCc1ccc(Cl)cc1)c1ccc(Oc2cc3c(cc2Cl)C(C(=O)[O-])CCO3)cc1.[Na+]. The van der Waals surface area contributed by atoms with E-state index in [2.05, 4.69) is 0 Å². The summed E-state index contributed by atoms with van der Waals surface area (Å²) in [6.45, 7) is 0.281. The monoisotopic (exact) mass is 520 g/mol. The molecule has 0 saturated carbocycles. The van der Waals surface area contributed by atoms with Crippen LogP contribution in [0.2, 0.25) is 10.0 Å². The molecule has 3 aromatic rings. The Morgan fingerprint density at radius 3 is 2.40 bits per heavy atom. The zero-order valence-electron chi connectivity index (χ0n) is 19.4. The number of unbranched alkanes of at least 4 members (excludes halogenated alkanes) is 1. The summed E-state index contributed by atoms with van der Waals surface area (Å²) in [6.07, 6.45) is 3.44. The number of rotatable bonds is 9. The van der Waals surface area contributed by atoms with E-state index in [1.807, 2.05) is 24.3 Å². The molecular formula is C27H23Cl2NaO5. The van der Waals surface area contributed by atoms with Crippen molar-refractivity contribution < 1.29 is 53.7 Å². The third-order valence-electron chi connectivity index (χ3n) is 5.82. The summed E-state index contributed by atoms with van der Waals surface area (Å²) < 4.78 is 11.5. The number of carboxylic acids is 1. The molecule has 176 valence electrons. The molecule has 0 spiro atoms. The molecule has 0 amide bonds. The van der Waals surface area contributed by atoms with Gasteiger partial charge in [0.15, 0.2) is 5.78 Å². The summed E-state index contributed by atoms with van der Waals surface area (Å²) >= 11 is 12.2. The maximum absolute atomic E-state index is 12.5. The fourth-order valence-electron chi connectivity index (χ4n) is 3.96. The Bertz CT molecular complexity index is 1180. The van der Waals surface area contributed by atoms with Crippen LogP contribution in [0.5, 0.6) is 17.2 Å². The zero-order valence-corrected chi connectivity index (χ0v) is 22.9. The van der Waals surface area contributed by atoms with E-state index in [4.69, 9.17) is 32.7 Å². The predicted molar refractivity (Wildman–Crippen MR) is 129 cm³/mol. The van der Waals surface area contributed by atoms with E-state index in [9.17, 15) is 14.7 Å². The number of ether oxygens (including phenoxy) is 2. The van der Waals surface area contributed by atoms with Gasteiger partial charge < -0.3 is 19.4 Å². The summed E-state index contributed by atoms with van der Waals surface area (Å²) in [5.41, 5.74) is 2.32. The van der Waals surface area contributed by atoms with Crippen LogP contribution in [0.1, 0.15) is 53.1 Å². The minimum atomic E-state index is -1.15. The van der Waals surface area contributed by atoms with Crippen LogP contribution < -0.4 is 44.1 Å². The molecule has 1 aliphatic rings. The van der Waals surface area contributed by atoms with Gasteiger partial charge in [0, 0.05) is 40.5 Å². The van der Waals surface area contributed by atoms with Crippen LogP contribution in [0.4, 0.5) is 0 Å². The number of hydrogen-bond acceptors (Lipinski definition) is 5. The number of fused-ring (bicyclic) bond motifs is 1. The van der Waals surface area contributed by atoms with Crippen LogP contribution in [-0.2, 0) is 11.2 Å². The molecule has 0 N–H and O–H groups in total. The van der Waals surface area contributed by atoms with Crippen LogP contribution in [0, 0.1) is 0 Å². The van der Waals surface area contributed by atoms with Crippen molar-refractivity contribution in [3.63, 3.8) is 0 Å². The molecule has 3 aromatic carbocycles. The molecule has 0 saturated heterocycles. The van der Waals surface area contributed by atoms with Gasteiger partial charge in [-0.05, 0) is 73.7 Å². The smallest absolute Gasteiger partial charge is 0.549 e. The first-order chi connectivity index (χ1) is 16.4. The molecule has 0 aliphatic carbocycles. The maximum atomic E-state index is 12.5. The second-order valence-electron chi connectivity index (χ2n) is 8.21. The van der Waals surface area contributed by atoms with E-state index in [0.717, 1.165) is 24.3 Å². The van der Waals surface area contributed by atoms with Gasteiger partial charge in [0.25, 0.3) is 0 Å². The fraction of sp³-hybridized carbons (Fsp3) is 0.259. The summed E-state index contributed by atoms with van der Waals surface area (Å²) in [4.78, 5) is 23.9. The summed E-state index contributed by atoms with van der Waals surface area (Å²) in [6, 6.07) is 17.8. The van der Waals surface area contributed by atoms with Gasteiger partial charge in [-0.25, -0.2) is 0 Å². The van der Waals surface area contributed by atoms with Gasteiger partial charge in [0.1, 0.15) is 17.2 Å². The second-order valence-corrected chi connectivity index (χ2v) is 9.06. The van der Waals surface area contributed by atoms with Gasteiger partial charge in [-0.3, -0.25) is 4.79 Å². The number of benzene rings is 3. The summed E-state index contributed by atoms with van der Waals surface area (Å²) in [5, 5.41) is 12.4. The Balaban J connectivity index is 0.00000342. The molecule has 8 heteroatoms. The van der Waals surface area contributed by atoms with Crippen LogP contribution in [0.15, 0.2) is 60.7 Å². The first-order valence-corrected chi connectivity index (χ1v) is 11.9. The fourth-order valence-corrected chi connectivity index (χ4v) is 4.30. The minimum Gasteiger partial charge on any atom is -0.549 e. The number of carbonyl (C=O) groups excluding carboxylic acids is 2. The Morgan fingerprint density at radius 1 is 1.00 bits per heavy atom. The predicted octanol–water partition coefficient (Wildman–Crippen LogP) is 3.00. The van der Waals surface area contributed by atoms with E-state index in [-0.39, 0.29) is 47.0 Å². The van der Waals surface area contributed by atoms with Crippen molar-refractivity contribution in [2.75, 3.05) is 6.61 Å². The molecule has 0 radical (unpaired) electrons. The third kappa shape index (κ3) is 7.25. The third-order valence-corrected chi connectivity index (χ3v) is 6.37. The number of Topliss-reactive ketones (excluding diaryl/α,β-unsaturated/α-hetero) is 1. The molecule has 4 rings (SSSR count). The zero-order chi connectivity index (χ0) is 24.1. The molecular weight excluding hydrogens is 498 g/mol. The second kappa shape index (κ2) is 12.8. The number of aliphatic carboxylic acids is 1. The molecule has 1 heterocycles. The Hall–Kier alpha value is -2.02. The Labute approximate surface area is 236 Å². The van der Waals surface area contributed by atoms with Crippen molar-refractivity contribution >= 4 is 35.0 Å². The van der Waals surface area contributed by atoms with Crippen molar-refractivity contribution in [1.82, 2.24) is 0 Å². The van der Waals surface area contributed by atoms with Gasteiger partial charge in [0.05, 0.1) is 11.6 Å². The minimum absolute atomic E-state index is 0. The van der Waals surface area contributed by atoms with Crippen LogP contribution >= 0.6 is 23.2 Å². The average Bonchev–Trinajstić information content (AvgIpc) is 2.83. The maximum Gasteiger partial charge on any atom is 1.00 e. The molecule has 1 unspecified atom stereocenters. The molecule has 5 nitrogen and oxygen atoms in total. The average molecular weight is 521 g/mol. The Morgan fingerprint density at radius 2 is 1.71 bits per heavy atom. The topological polar surface area (TPSA) is 75.7 Å². The van der Waals surface area contributed by atoms with Gasteiger partial charge >= 0.3 is 29.6 Å². The van der Waals surface area contributed by atoms with E-state index in [1.165, 1.54) is 5.56 Å². The van der Waals surface area contributed by atoms with E-state index < -0.39 is 11.9 Å². The van der Waals surface area contributed by atoms with Crippen molar-refractivity contribution in [2.45, 2.75) is 38.0 Å². The number of ketones is 1. The molecule has 1 atom stereocenters.